The molecule has 174 valence electrons. The van der Waals surface area contributed by atoms with E-state index in [1.807, 2.05) is 24.3 Å². The molecule has 4 nitrogen and oxygen atoms in total. The summed E-state index contributed by atoms with van der Waals surface area (Å²) in [7, 11) is 0. The maximum Gasteiger partial charge on any atom is 0.163 e. The maximum absolute atomic E-state index is 13.6. The zero-order valence-electron chi connectivity index (χ0n) is 19.6. The minimum Gasteiger partial charge on any atom is -0.372 e. The lowest BCUT2D eigenvalue weighted by atomic mass is 9.78. The molecule has 2 atom stereocenters. The van der Waals surface area contributed by atoms with E-state index in [0.29, 0.717) is 6.42 Å². The number of allylic oxidation sites excluding steroid dienone is 1. The van der Waals surface area contributed by atoms with Gasteiger partial charge in [0.25, 0.3) is 0 Å². The molecule has 2 aliphatic rings. The van der Waals surface area contributed by atoms with Gasteiger partial charge in [0.15, 0.2) is 5.78 Å². The fourth-order valence-electron chi connectivity index (χ4n) is 5.18. The lowest BCUT2D eigenvalue weighted by Crippen LogP contribution is -2.27. The Balaban J connectivity index is 1.51. The molecule has 0 radical (unpaired) electrons. The van der Waals surface area contributed by atoms with Crippen LogP contribution < -0.4 is 15.5 Å². The Morgan fingerprint density at radius 1 is 0.853 bits per heavy atom. The second-order valence-corrected chi connectivity index (χ2v) is 8.98. The Bertz CT molecular complexity index is 1210. The van der Waals surface area contributed by atoms with E-state index in [4.69, 9.17) is 0 Å². The van der Waals surface area contributed by atoms with Gasteiger partial charge in [-0.05, 0) is 73.7 Å². The Morgan fingerprint density at radius 3 is 2.18 bits per heavy atom. The highest BCUT2D eigenvalue weighted by atomic mass is 19.1. The zero-order chi connectivity index (χ0) is 23.7. The summed E-state index contributed by atoms with van der Waals surface area (Å²) in [4.78, 5) is 15.9. The number of ketones is 1. The SMILES string of the molecule is CCN(CC)c1ccc([C@@H]2CC(=O)C3=C(C2)Nc2ccccc2N[C@@H]3c2ccc(F)cc2)cc1. The molecule has 5 rings (SSSR count). The number of anilines is 3. The van der Waals surface area contributed by atoms with Gasteiger partial charge in [0, 0.05) is 36.5 Å². The van der Waals surface area contributed by atoms with Crippen LogP contribution in [0.4, 0.5) is 21.5 Å². The summed E-state index contributed by atoms with van der Waals surface area (Å²) in [5.74, 6) is -0.0434. The third-order valence-electron chi connectivity index (χ3n) is 7.01. The first kappa shape index (κ1) is 22.2. The number of hydrogen-bond donors (Lipinski definition) is 2. The number of fused-ring (bicyclic) bond motifs is 1. The van der Waals surface area contributed by atoms with Crippen LogP contribution in [0.3, 0.4) is 0 Å². The number of nitrogens with one attached hydrogen (secondary N) is 2. The number of hydrogen-bond acceptors (Lipinski definition) is 4. The number of rotatable bonds is 5. The summed E-state index contributed by atoms with van der Waals surface area (Å²) in [5.41, 5.74) is 6.84. The van der Waals surface area contributed by atoms with Crippen molar-refractivity contribution in [2.45, 2.75) is 38.6 Å². The van der Waals surface area contributed by atoms with Crippen molar-refractivity contribution in [2.24, 2.45) is 0 Å². The fraction of sp³-hybridized carbons (Fsp3) is 0.276. The monoisotopic (exact) mass is 455 g/mol. The van der Waals surface area contributed by atoms with Crippen LogP contribution in [0.15, 0.2) is 84.1 Å². The van der Waals surface area contributed by atoms with Crippen molar-refractivity contribution in [2.75, 3.05) is 28.6 Å². The summed E-state index contributed by atoms with van der Waals surface area (Å²) >= 11 is 0. The Kier molecular flexibility index (Phi) is 6.10. The predicted molar refractivity (Wildman–Crippen MR) is 137 cm³/mol. The average Bonchev–Trinajstić information content (AvgIpc) is 3.02. The highest BCUT2D eigenvalue weighted by molar-refractivity contribution is 6.01. The minimum atomic E-state index is -0.328. The Hall–Kier alpha value is -3.60. The van der Waals surface area contributed by atoms with Gasteiger partial charge in [-0.2, -0.15) is 0 Å². The number of halogens is 1. The molecule has 34 heavy (non-hydrogen) atoms. The third kappa shape index (κ3) is 4.18. The van der Waals surface area contributed by atoms with Gasteiger partial charge in [0.2, 0.25) is 0 Å². The Labute approximate surface area is 200 Å². The van der Waals surface area contributed by atoms with Gasteiger partial charge in [0.05, 0.1) is 17.4 Å². The first-order chi connectivity index (χ1) is 16.6. The lowest BCUT2D eigenvalue weighted by molar-refractivity contribution is -0.116. The molecular weight excluding hydrogens is 425 g/mol. The van der Waals surface area contributed by atoms with Gasteiger partial charge >= 0.3 is 0 Å². The van der Waals surface area contributed by atoms with Crippen LogP contribution in [0.2, 0.25) is 0 Å². The molecule has 1 aliphatic carbocycles. The third-order valence-corrected chi connectivity index (χ3v) is 7.01. The van der Waals surface area contributed by atoms with Crippen LogP contribution >= 0.6 is 0 Å². The van der Waals surface area contributed by atoms with Gasteiger partial charge in [0.1, 0.15) is 5.82 Å². The number of carbonyl (C=O) groups excluding carboxylic acids is 1. The molecule has 0 amide bonds. The summed E-state index contributed by atoms with van der Waals surface area (Å²) in [5, 5.41) is 7.11. The summed E-state index contributed by atoms with van der Waals surface area (Å²) in [6.07, 6.45) is 1.21. The molecule has 0 saturated heterocycles. The van der Waals surface area contributed by atoms with Crippen molar-refractivity contribution < 1.29 is 9.18 Å². The average molecular weight is 456 g/mol. The predicted octanol–water partition coefficient (Wildman–Crippen LogP) is 6.65. The van der Waals surface area contributed by atoms with E-state index in [1.165, 1.54) is 23.4 Å². The number of Topliss-reactive ketones (excluding diaryl/α,β-unsaturated/α-hetero) is 1. The molecule has 0 saturated carbocycles. The van der Waals surface area contributed by atoms with Gasteiger partial charge in [-0.1, -0.05) is 36.4 Å². The van der Waals surface area contributed by atoms with E-state index < -0.39 is 0 Å². The molecule has 3 aromatic carbocycles. The van der Waals surface area contributed by atoms with Crippen molar-refractivity contribution in [3.8, 4) is 0 Å². The molecule has 1 aliphatic heterocycles. The highest BCUT2D eigenvalue weighted by Crippen LogP contribution is 2.44. The van der Waals surface area contributed by atoms with E-state index in [9.17, 15) is 9.18 Å². The quantitative estimate of drug-likeness (QED) is 0.452. The van der Waals surface area contributed by atoms with Crippen molar-refractivity contribution >= 4 is 22.8 Å². The van der Waals surface area contributed by atoms with Crippen LogP contribution in [0.25, 0.3) is 0 Å². The molecule has 0 bridgehead atoms. The van der Waals surface area contributed by atoms with Gasteiger partial charge in [-0.15, -0.1) is 0 Å². The van der Waals surface area contributed by atoms with E-state index in [1.54, 1.807) is 12.1 Å². The molecule has 0 fully saturated rings. The summed E-state index contributed by atoms with van der Waals surface area (Å²) in [6.45, 7) is 6.25. The standard InChI is InChI=1S/C29H30FN3O/c1-3-33(4-2)23-15-11-19(12-16-23)21-17-26-28(27(34)18-21)29(20-9-13-22(30)14-10-20)32-25-8-6-5-7-24(25)31-26/h5-16,21,29,31-32H,3-4,17-18H2,1-2H3/t21-,29+/m0/s1. The largest absolute Gasteiger partial charge is 0.372 e. The molecule has 1 heterocycles. The zero-order valence-corrected chi connectivity index (χ0v) is 19.6. The van der Waals surface area contributed by atoms with Crippen molar-refractivity contribution in [3.63, 3.8) is 0 Å². The second kappa shape index (κ2) is 9.34. The van der Waals surface area contributed by atoms with Crippen LogP contribution in [-0.4, -0.2) is 18.9 Å². The smallest absolute Gasteiger partial charge is 0.163 e. The van der Waals surface area contributed by atoms with Crippen LogP contribution in [0.5, 0.6) is 0 Å². The summed E-state index contributed by atoms with van der Waals surface area (Å²) in [6, 6.07) is 22.7. The Morgan fingerprint density at radius 2 is 1.50 bits per heavy atom. The first-order valence-electron chi connectivity index (χ1n) is 12.1. The van der Waals surface area contributed by atoms with Crippen LogP contribution in [0.1, 0.15) is 49.8 Å². The van der Waals surface area contributed by atoms with Crippen molar-refractivity contribution in [1.82, 2.24) is 0 Å². The molecule has 2 N–H and O–H groups in total. The van der Waals surface area contributed by atoms with E-state index in [0.717, 1.165) is 47.7 Å². The molecule has 0 spiro atoms. The molecular formula is C29H30FN3O. The van der Waals surface area contributed by atoms with Crippen LogP contribution in [0, 0.1) is 5.82 Å². The minimum absolute atomic E-state index is 0.114. The van der Waals surface area contributed by atoms with Crippen LogP contribution in [-0.2, 0) is 4.79 Å². The molecule has 0 aromatic heterocycles. The van der Waals surface area contributed by atoms with E-state index in [-0.39, 0.29) is 23.6 Å². The molecule has 0 unspecified atom stereocenters. The normalized spacial score (nSPS) is 19.4. The van der Waals surface area contributed by atoms with Crippen molar-refractivity contribution in [1.29, 1.82) is 0 Å². The van der Waals surface area contributed by atoms with Gasteiger partial charge < -0.3 is 15.5 Å². The van der Waals surface area contributed by atoms with E-state index >= 15 is 0 Å². The number of benzene rings is 3. The fourth-order valence-corrected chi connectivity index (χ4v) is 5.18. The number of nitrogens with zero attached hydrogens (tertiary/aromatic N) is 1. The van der Waals surface area contributed by atoms with Crippen molar-refractivity contribution in [3.05, 3.63) is 101 Å². The first-order valence-corrected chi connectivity index (χ1v) is 12.1. The lowest BCUT2D eigenvalue weighted by Gasteiger charge is -2.30. The second-order valence-electron chi connectivity index (χ2n) is 8.98. The number of para-hydroxylation sites is 2. The van der Waals surface area contributed by atoms with Gasteiger partial charge in [-0.25, -0.2) is 4.39 Å². The topological polar surface area (TPSA) is 44.4 Å². The number of carbonyl (C=O) groups is 1. The van der Waals surface area contributed by atoms with Gasteiger partial charge in [-0.3, -0.25) is 4.79 Å². The molecule has 3 aromatic rings. The highest BCUT2D eigenvalue weighted by Gasteiger charge is 2.36. The molecule has 5 heteroatoms. The maximum atomic E-state index is 13.6. The summed E-state index contributed by atoms with van der Waals surface area (Å²) < 4.78 is 13.6. The van der Waals surface area contributed by atoms with E-state index in [2.05, 4.69) is 53.6 Å².